The molecule has 1 heterocycles. The zero-order chi connectivity index (χ0) is 18.9. The van der Waals surface area contributed by atoms with Crippen molar-refractivity contribution in [2.75, 3.05) is 6.54 Å². The third-order valence-corrected chi connectivity index (χ3v) is 5.29. The third kappa shape index (κ3) is 11.5. The average molecular weight is 364 g/mol. The lowest BCUT2D eigenvalue weighted by Gasteiger charge is -2.17. The van der Waals surface area contributed by atoms with Crippen LogP contribution in [0, 0.1) is 0 Å². The summed E-state index contributed by atoms with van der Waals surface area (Å²) in [5.74, 6) is 0.0438. The number of likely N-dealkylation sites (tertiary alicyclic amines) is 1. The summed E-state index contributed by atoms with van der Waals surface area (Å²) in [6.07, 6.45) is 23.9. The fourth-order valence-electron chi connectivity index (χ4n) is 3.57. The van der Waals surface area contributed by atoms with E-state index in [4.69, 9.17) is 0 Å². The molecule has 0 aromatic heterocycles. The lowest BCUT2D eigenvalue weighted by molar-refractivity contribution is -0.144. The van der Waals surface area contributed by atoms with E-state index in [1.165, 1.54) is 69.1 Å². The largest absolute Gasteiger partial charge is 0.283 e. The second kappa shape index (κ2) is 16.1. The van der Waals surface area contributed by atoms with Crippen LogP contribution in [-0.4, -0.2) is 23.3 Å². The number of hydrogen-bond acceptors (Lipinski definition) is 2. The first-order chi connectivity index (χ1) is 12.8. The molecule has 0 saturated carbocycles. The highest BCUT2D eigenvalue weighted by atomic mass is 16.2. The molecule has 0 bridgehead atoms. The van der Waals surface area contributed by atoms with E-state index in [-0.39, 0.29) is 11.8 Å². The van der Waals surface area contributed by atoms with Crippen LogP contribution in [0.5, 0.6) is 0 Å². The molecule has 1 aliphatic rings. The number of nitrogens with zero attached hydrogens (tertiary/aromatic N) is 1. The Bertz CT molecular complexity index is 403. The maximum atomic E-state index is 12.2. The van der Waals surface area contributed by atoms with Gasteiger partial charge in [-0.3, -0.25) is 14.5 Å². The number of unbranched alkanes of at least 4 members (excludes halogenated alkanes) is 10. The molecule has 0 aromatic carbocycles. The van der Waals surface area contributed by atoms with Crippen molar-refractivity contribution in [1.29, 1.82) is 0 Å². The Morgan fingerprint density at radius 1 is 0.846 bits per heavy atom. The molecule has 2 amide bonds. The molecule has 3 nitrogen and oxygen atoms in total. The highest BCUT2D eigenvalue weighted by molar-refractivity contribution is 5.95. The summed E-state index contributed by atoms with van der Waals surface area (Å²) >= 11 is 0. The van der Waals surface area contributed by atoms with Crippen LogP contribution in [0.3, 0.4) is 0 Å². The van der Waals surface area contributed by atoms with Gasteiger partial charge < -0.3 is 0 Å². The Labute approximate surface area is 161 Å². The monoisotopic (exact) mass is 363 g/mol. The molecular formula is C23H41NO2. The number of hydrogen-bond donors (Lipinski definition) is 0. The molecule has 0 aliphatic carbocycles. The van der Waals surface area contributed by atoms with Gasteiger partial charge in [0.05, 0.1) is 0 Å². The van der Waals surface area contributed by atoms with Gasteiger partial charge in [-0.05, 0) is 32.1 Å². The predicted molar refractivity (Wildman–Crippen MR) is 110 cm³/mol. The second-order valence-electron chi connectivity index (χ2n) is 7.73. The Morgan fingerprint density at radius 2 is 1.46 bits per heavy atom. The van der Waals surface area contributed by atoms with E-state index in [0.29, 0.717) is 19.4 Å². The van der Waals surface area contributed by atoms with Gasteiger partial charge in [0, 0.05) is 19.4 Å². The normalized spacial score (nSPS) is 15.6. The van der Waals surface area contributed by atoms with Crippen LogP contribution in [0.25, 0.3) is 0 Å². The highest BCUT2D eigenvalue weighted by Crippen LogP contribution is 2.14. The Morgan fingerprint density at radius 3 is 2.15 bits per heavy atom. The van der Waals surface area contributed by atoms with Gasteiger partial charge in [0.2, 0.25) is 11.8 Å². The number of amides is 2. The van der Waals surface area contributed by atoms with Crippen molar-refractivity contribution in [3.63, 3.8) is 0 Å². The molecule has 150 valence electrons. The van der Waals surface area contributed by atoms with Crippen molar-refractivity contribution in [3.05, 3.63) is 12.2 Å². The maximum Gasteiger partial charge on any atom is 0.229 e. The molecule has 1 aliphatic heterocycles. The fraction of sp³-hybridized carbons (Fsp3) is 0.826. The van der Waals surface area contributed by atoms with Crippen molar-refractivity contribution in [2.45, 2.75) is 116 Å². The third-order valence-electron chi connectivity index (χ3n) is 5.29. The summed E-state index contributed by atoms with van der Waals surface area (Å²) in [7, 11) is 0. The highest BCUT2D eigenvalue weighted by Gasteiger charge is 2.21. The van der Waals surface area contributed by atoms with Gasteiger partial charge in [0.25, 0.3) is 0 Å². The molecule has 0 radical (unpaired) electrons. The van der Waals surface area contributed by atoms with Crippen LogP contribution in [0.15, 0.2) is 12.2 Å². The van der Waals surface area contributed by atoms with E-state index >= 15 is 0 Å². The van der Waals surface area contributed by atoms with Gasteiger partial charge in [-0.25, -0.2) is 0 Å². The fourth-order valence-corrected chi connectivity index (χ4v) is 3.57. The Kier molecular flexibility index (Phi) is 14.2. The van der Waals surface area contributed by atoms with Gasteiger partial charge in [-0.15, -0.1) is 0 Å². The van der Waals surface area contributed by atoms with Crippen LogP contribution in [0.2, 0.25) is 0 Å². The predicted octanol–water partition coefficient (Wildman–Crippen LogP) is 6.56. The van der Waals surface area contributed by atoms with Crippen LogP contribution >= 0.6 is 0 Å². The average Bonchev–Trinajstić information content (AvgIpc) is 2.86. The molecule has 1 saturated heterocycles. The van der Waals surface area contributed by atoms with Crippen LogP contribution in [0.1, 0.15) is 116 Å². The molecule has 0 aromatic rings. The molecule has 0 atom stereocenters. The van der Waals surface area contributed by atoms with E-state index in [0.717, 1.165) is 32.1 Å². The molecule has 0 spiro atoms. The summed E-state index contributed by atoms with van der Waals surface area (Å²) in [6, 6.07) is 0. The molecule has 1 rings (SSSR count). The van der Waals surface area contributed by atoms with Crippen molar-refractivity contribution in [1.82, 2.24) is 4.90 Å². The Balaban J connectivity index is 1.93. The van der Waals surface area contributed by atoms with E-state index in [9.17, 15) is 9.59 Å². The van der Waals surface area contributed by atoms with Gasteiger partial charge in [0.15, 0.2) is 0 Å². The number of carbonyl (C=O) groups excluding carboxylic acids is 2. The van der Waals surface area contributed by atoms with E-state index < -0.39 is 0 Å². The lowest BCUT2D eigenvalue weighted by Crippen LogP contribution is -2.36. The van der Waals surface area contributed by atoms with Crippen LogP contribution in [-0.2, 0) is 9.59 Å². The van der Waals surface area contributed by atoms with E-state index in [1.54, 1.807) is 0 Å². The molecule has 0 N–H and O–H groups in total. The SMILES string of the molecule is CCCCCCCCCCCCC=CCCC(=O)N1CCCCCC1=O. The molecular weight excluding hydrogens is 322 g/mol. The van der Waals surface area contributed by atoms with Gasteiger partial charge in [-0.2, -0.15) is 0 Å². The van der Waals surface area contributed by atoms with Crippen molar-refractivity contribution < 1.29 is 9.59 Å². The number of allylic oxidation sites excluding steroid dienone is 2. The van der Waals surface area contributed by atoms with Crippen LogP contribution in [0.4, 0.5) is 0 Å². The van der Waals surface area contributed by atoms with Crippen molar-refractivity contribution >= 4 is 11.8 Å². The second-order valence-corrected chi connectivity index (χ2v) is 7.73. The summed E-state index contributed by atoms with van der Waals surface area (Å²) in [6.45, 7) is 2.89. The quantitative estimate of drug-likeness (QED) is 0.259. The molecule has 0 unspecified atom stereocenters. The minimum absolute atomic E-state index is 0.0143. The molecule has 26 heavy (non-hydrogen) atoms. The van der Waals surface area contributed by atoms with Gasteiger partial charge in [-0.1, -0.05) is 83.3 Å². The van der Waals surface area contributed by atoms with Crippen molar-refractivity contribution in [2.24, 2.45) is 0 Å². The standard InChI is InChI=1S/C23H41NO2/c1-2-3-4-5-6-7-8-9-10-11-12-13-14-16-19-22(25)24-21-18-15-17-20-23(24)26/h13-14H,2-12,15-21H2,1H3. The zero-order valence-corrected chi connectivity index (χ0v) is 17.1. The number of rotatable bonds is 14. The number of imide groups is 1. The molecule has 3 heteroatoms. The van der Waals surface area contributed by atoms with Gasteiger partial charge >= 0.3 is 0 Å². The first-order valence-corrected chi connectivity index (χ1v) is 11.2. The lowest BCUT2D eigenvalue weighted by atomic mass is 10.1. The summed E-state index contributed by atoms with van der Waals surface area (Å²) < 4.78 is 0. The first-order valence-electron chi connectivity index (χ1n) is 11.2. The number of carbonyl (C=O) groups is 2. The summed E-state index contributed by atoms with van der Waals surface area (Å²) in [5.41, 5.74) is 0. The minimum Gasteiger partial charge on any atom is -0.283 e. The van der Waals surface area contributed by atoms with Crippen LogP contribution < -0.4 is 0 Å². The first kappa shape index (κ1) is 22.9. The smallest absolute Gasteiger partial charge is 0.229 e. The summed E-state index contributed by atoms with van der Waals surface area (Å²) in [4.78, 5) is 25.5. The Hall–Kier alpha value is -1.12. The van der Waals surface area contributed by atoms with E-state index in [2.05, 4.69) is 19.1 Å². The van der Waals surface area contributed by atoms with Gasteiger partial charge in [0.1, 0.15) is 0 Å². The topological polar surface area (TPSA) is 37.4 Å². The van der Waals surface area contributed by atoms with Crippen molar-refractivity contribution in [3.8, 4) is 0 Å². The zero-order valence-electron chi connectivity index (χ0n) is 17.1. The maximum absolute atomic E-state index is 12.2. The van der Waals surface area contributed by atoms with E-state index in [1.807, 2.05) is 0 Å². The minimum atomic E-state index is 0.0143. The molecule has 1 fully saturated rings. The summed E-state index contributed by atoms with van der Waals surface area (Å²) in [5, 5.41) is 0.